The van der Waals surface area contributed by atoms with Gasteiger partial charge in [0, 0.05) is 18.7 Å². The van der Waals surface area contributed by atoms with Crippen LogP contribution in [0.15, 0.2) is 53.7 Å². The number of carbonyl (C=O) groups is 1. The maximum Gasteiger partial charge on any atom is 0.292 e. The van der Waals surface area contributed by atoms with Gasteiger partial charge in [0.25, 0.3) is 5.69 Å². The van der Waals surface area contributed by atoms with Crippen molar-refractivity contribution in [2.75, 3.05) is 5.32 Å². The number of aromatic nitrogens is 3. The summed E-state index contributed by atoms with van der Waals surface area (Å²) in [6.45, 7) is 1.67. The predicted octanol–water partition coefficient (Wildman–Crippen LogP) is 3.65. The number of thioether (sulfide) groups is 1. The van der Waals surface area contributed by atoms with Crippen LogP contribution < -0.4 is 5.32 Å². The van der Waals surface area contributed by atoms with Gasteiger partial charge in [0.1, 0.15) is 11.5 Å². The number of benzene rings is 2. The Bertz CT molecular complexity index is 1020. The van der Waals surface area contributed by atoms with Crippen LogP contribution in [0.2, 0.25) is 0 Å². The second-order valence-corrected chi connectivity index (χ2v) is 7.20. The zero-order chi connectivity index (χ0) is 20.3. The van der Waals surface area contributed by atoms with E-state index in [1.807, 2.05) is 0 Å². The van der Waals surface area contributed by atoms with E-state index in [2.05, 4.69) is 15.5 Å². The number of nitro benzene ring substituents is 1. The van der Waals surface area contributed by atoms with E-state index in [0.29, 0.717) is 16.5 Å². The van der Waals surface area contributed by atoms with Crippen LogP contribution in [-0.4, -0.2) is 30.8 Å². The first kappa shape index (κ1) is 19.5. The normalized spacial score (nSPS) is 11.8. The molecule has 2 aromatic carbocycles. The highest BCUT2D eigenvalue weighted by molar-refractivity contribution is 8.00. The summed E-state index contributed by atoms with van der Waals surface area (Å²) >= 11 is 1.16. The summed E-state index contributed by atoms with van der Waals surface area (Å²) in [5, 5.41) is 21.7. The molecule has 28 heavy (non-hydrogen) atoms. The lowest BCUT2D eigenvalue weighted by Gasteiger charge is -2.12. The van der Waals surface area contributed by atoms with Gasteiger partial charge in [-0.3, -0.25) is 14.9 Å². The molecule has 8 nitrogen and oxygen atoms in total. The number of nitro groups is 1. The number of hydrogen-bond acceptors (Lipinski definition) is 6. The Morgan fingerprint density at radius 1 is 1.21 bits per heavy atom. The van der Waals surface area contributed by atoms with Crippen LogP contribution in [0.5, 0.6) is 0 Å². The molecule has 0 bridgehead atoms. The second-order valence-electron chi connectivity index (χ2n) is 5.90. The van der Waals surface area contributed by atoms with Crippen molar-refractivity contribution in [1.82, 2.24) is 14.8 Å². The zero-order valence-electron chi connectivity index (χ0n) is 15.0. The van der Waals surface area contributed by atoms with E-state index in [1.165, 1.54) is 30.3 Å². The summed E-state index contributed by atoms with van der Waals surface area (Å²) < 4.78 is 14.8. The standard InChI is InChI=1S/C18H16FN5O3S/c1-11(17(25)20-14-5-3-4-6-15(14)24(26)27)28-18-22-21-16(23(18)2)12-7-9-13(19)10-8-12/h3-11H,1-2H3,(H,20,25)/t11-/m0/s1. The van der Waals surface area contributed by atoms with Crippen molar-refractivity contribution in [3.05, 3.63) is 64.5 Å². The van der Waals surface area contributed by atoms with Crippen LogP contribution in [0.1, 0.15) is 6.92 Å². The van der Waals surface area contributed by atoms with E-state index in [0.717, 1.165) is 11.8 Å². The summed E-state index contributed by atoms with van der Waals surface area (Å²) in [7, 11) is 1.74. The molecule has 1 amide bonds. The van der Waals surface area contributed by atoms with Gasteiger partial charge in [-0.2, -0.15) is 0 Å². The van der Waals surface area contributed by atoms with Gasteiger partial charge < -0.3 is 9.88 Å². The minimum Gasteiger partial charge on any atom is -0.319 e. The van der Waals surface area contributed by atoms with E-state index in [1.54, 1.807) is 36.7 Å². The number of nitrogens with one attached hydrogen (secondary N) is 1. The van der Waals surface area contributed by atoms with E-state index >= 15 is 0 Å². The highest BCUT2D eigenvalue weighted by atomic mass is 32.2. The first-order chi connectivity index (χ1) is 13.4. The molecule has 0 fully saturated rings. The summed E-state index contributed by atoms with van der Waals surface area (Å²) in [4.78, 5) is 23.0. The predicted molar refractivity (Wildman–Crippen MR) is 103 cm³/mol. The second kappa shape index (κ2) is 8.17. The van der Waals surface area contributed by atoms with E-state index in [-0.39, 0.29) is 17.2 Å². The fourth-order valence-electron chi connectivity index (χ4n) is 2.45. The maximum atomic E-state index is 13.1. The first-order valence-corrected chi connectivity index (χ1v) is 9.11. The van der Waals surface area contributed by atoms with Crippen LogP contribution in [-0.2, 0) is 11.8 Å². The fraction of sp³-hybridized carbons (Fsp3) is 0.167. The Kier molecular flexibility index (Phi) is 5.69. The van der Waals surface area contributed by atoms with Crippen molar-refractivity contribution in [3.63, 3.8) is 0 Å². The number of nitrogens with zero attached hydrogens (tertiary/aromatic N) is 4. The Labute approximate surface area is 163 Å². The van der Waals surface area contributed by atoms with Crippen molar-refractivity contribution in [1.29, 1.82) is 0 Å². The molecule has 0 aliphatic rings. The van der Waals surface area contributed by atoms with Gasteiger partial charge in [-0.25, -0.2) is 4.39 Å². The average Bonchev–Trinajstić information content (AvgIpc) is 3.03. The molecule has 1 N–H and O–H groups in total. The Morgan fingerprint density at radius 2 is 1.89 bits per heavy atom. The SMILES string of the molecule is C[C@H](Sc1nnc(-c2ccc(F)cc2)n1C)C(=O)Nc1ccccc1[N+](=O)[O-]. The van der Waals surface area contributed by atoms with Crippen LogP contribution in [0, 0.1) is 15.9 Å². The third kappa shape index (κ3) is 4.17. The summed E-state index contributed by atoms with van der Waals surface area (Å²) in [6, 6.07) is 11.8. The Morgan fingerprint density at radius 3 is 2.57 bits per heavy atom. The molecule has 0 spiro atoms. The number of para-hydroxylation sites is 2. The number of carbonyl (C=O) groups excluding carboxylic acids is 1. The van der Waals surface area contributed by atoms with Gasteiger partial charge in [0.2, 0.25) is 5.91 Å². The smallest absolute Gasteiger partial charge is 0.292 e. The van der Waals surface area contributed by atoms with Gasteiger partial charge >= 0.3 is 0 Å². The number of rotatable bonds is 6. The fourth-order valence-corrected chi connectivity index (χ4v) is 3.27. The molecule has 0 radical (unpaired) electrons. The van der Waals surface area contributed by atoms with Crippen molar-refractivity contribution in [2.45, 2.75) is 17.3 Å². The minimum atomic E-state index is -0.580. The Hall–Kier alpha value is -3.27. The number of hydrogen-bond donors (Lipinski definition) is 1. The largest absolute Gasteiger partial charge is 0.319 e. The van der Waals surface area contributed by atoms with Crippen LogP contribution in [0.25, 0.3) is 11.4 Å². The molecule has 0 saturated heterocycles. The lowest BCUT2D eigenvalue weighted by Crippen LogP contribution is -2.23. The van der Waals surface area contributed by atoms with Crippen LogP contribution in [0.3, 0.4) is 0 Å². The third-order valence-corrected chi connectivity index (χ3v) is 5.08. The van der Waals surface area contributed by atoms with Crippen LogP contribution >= 0.6 is 11.8 Å². The summed E-state index contributed by atoms with van der Waals surface area (Å²) in [6.07, 6.45) is 0. The summed E-state index contributed by atoms with van der Waals surface area (Å²) in [5.74, 6) is -0.208. The first-order valence-electron chi connectivity index (χ1n) is 8.23. The monoisotopic (exact) mass is 401 g/mol. The highest BCUT2D eigenvalue weighted by Gasteiger charge is 2.22. The number of anilines is 1. The zero-order valence-corrected chi connectivity index (χ0v) is 15.8. The third-order valence-electron chi connectivity index (χ3n) is 3.95. The van der Waals surface area contributed by atoms with Gasteiger partial charge in [0.05, 0.1) is 10.2 Å². The molecule has 3 aromatic rings. The van der Waals surface area contributed by atoms with E-state index < -0.39 is 16.1 Å². The molecule has 1 heterocycles. The van der Waals surface area contributed by atoms with Gasteiger partial charge in [-0.15, -0.1) is 10.2 Å². The van der Waals surface area contributed by atoms with E-state index in [9.17, 15) is 19.3 Å². The molecule has 1 atom stereocenters. The molecule has 144 valence electrons. The summed E-state index contributed by atoms with van der Waals surface area (Å²) in [5.41, 5.74) is 0.653. The van der Waals surface area contributed by atoms with E-state index in [4.69, 9.17) is 0 Å². The number of amides is 1. The van der Waals surface area contributed by atoms with Gasteiger partial charge in [-0.1, -0.05) is 23.9 Å². The van der Waals surface area contributed by atoms with Crippen molar-refractivity contribution < 1.29 is 14.1 Å². The van der Waals surface area contributed by atoms with Crippen molar-refractivity contribution >= 4 is 29.0 Å². The van der Waals surface area contributed by atoms with Crippen LogP contribution in [0.4, 0.5) is 15.8 Å². The molecule has 0 saturated carbocycles. The van der Waals surface area contributed by atoms with Gasteiger partial charge in [0.15, 0.2) is 11.0 Å². The van der Waals surface area contributed by atoms with Crippen molar-refractivity contribution in [3.8, 4) is 11.4 Å². The Balaban J connectivity index is 1.73. The highest BCUT2D eigenvalue weighted by Crippen LogP contribution is 2.28. The lowest BCUT2D eigenvalue weighted by atomic mass is 10.2. The quantitative estimate of drug-likeness (QED) is 0.384. The van der Waals surface area contributed by atoms with Gasteiger partial charge in [-0.05, 0) is 37.3 Å². The molecule has 0 unspecified atom stereocenters. The minimum absolute atomic E-state index is 0.134. The molecule has 0 aliphatic heterocycles. The maximum absolute atomic E-state index is 13.1. The van der Waals surface area contributed by atoms with Crippen molar-refractivity contribution in [2.24, 2.45) is 7.05 Å². The lowest BCUT2D eigenvalue weighted by molar-refractivity contribution is -0.383. The molecule has 3 rings (SSSR count). The molecule has 10 heteroatoms. The topological polar surface area (TPSA) is 103 Å². The molecular formula is C18H16FN5O3S. The number of halogens is 1. The molecule has 1 aromatic heterocycles. The molecule has 0 aliphatic carbocycles. The average molecular weight is 401 g/mol. The molecular weight excluding hydrogens is 385 g/mol.